The van der Waals surface area contributed by atoms with Crippen molar-refractivity contribution in [3.8, 4) is 0 Å². The number of halogens is 1. The molecule has 1 aromatic carbocycles. The molecule has 1 aromatic rings. The van der Waals surface area contributed by atoms with Gasteiger partial charge in [-0.25, -0.2) is 12.8 Å². The smallest absolute Gasteiger partial charge is 0.243 e. The Hall–Kier alpha value is -1.18. The highest BCUT2D eigenvalue weighted by Crippen LogP contribution is 2.28. The second-order valence-electron chi connectivity index (χ2n) is 5.10. The number of hydrogen-bond donors (Lipinski definition) is 1. The molecule has 1 atom stereocenters. The first-order valence-corrected chi connectivity index (χ1v) is 7.85. The summed E-state index contributed by atoms with van der Waals surface area (Å²) < 4.78 is 45.2. The lowest BCUT2D eigenvalue weighted by atomic mass is 10.1. The quantitative estimate of drug-likeness (QED) is 0.853. The minimum Gasteiger partial charge on any atom is -0.399 e. The van der Waals surface area contributed by atoms with Crippen LogP contribution in [0.25, 0.3) is 0 Å². The third-order valence-electron chi connectivity index (χ3n) is 3.59. The molecule has 0 amide bonds. The molecule has 2 rings (SSSR count). The van der Waals surface area contributed by atoms with Gasteiger partial charge in [-0.2, -0.15) is 4.31 Å². The molecule has 7 heteroatoms. The maximum absolute atomic E-state index is 13.7. The van der Waals surface area contributed by atoms with Gasteiger partial charge in [0.25, 0.3) is 0 Å². The van der Waals surface area contributed by atoms with Gasteiger partial charge in [0.2, 0.25) is 10.0 Å². The van der Waals surface area contributed by atoms with Crippen molar-refractivity contribution in [3.63, 3.8) is 0 Å². The van der Waals surface area contributed by atoms with Gasteiger partial charge >= 0.3 is 0 Å². The molecule has 20 heavy (non-hydrogen) atoms. The van der Waals surface area contributed by atoms with Crippen LogP contribution in [0.5, 0.6) is 0 Å². The van der Waals surface area contributed by atoms with Crippen molar-refractivity contribution in [3.05, 3.63) is 23.5 Å². The molecule has 0 spiro atoms. The van der Waals surface area contributed by atoms with E-state index < -0.39 is 15.8 Å². The summed E-state index contributed by atoms with van der Waals surface area (Å²) in [5, 5.41) is 0. The number of anilines is 1. The summed E-state index contributed by atoms with van der Waals surface area (Å²) in [6.07, 6.45) is 0.747. The van der Waals surface area contributed by atoms with Gasteiger partial charge in [-0.3, -0.25) is 0 Å². The summed E-state index contributed by atoms with van der Waals surface area (Å²) in [5.41, 5.74) is 5.77. The van der Waals surface area contributed by atoms with Crippen molar-refractivity contribution in [1.29, 1.82) is 0 Å². The first-order valence-electron chi connectivity index (χ1n) is 6.41. The highest BCUT2D eigenvalue weighted by Gasteiger charge is 2.34. The van der Waals surface area contributed by atoms with Crippen LogP contribution in [0.4, 0.5) is 10.1 Å². The van der Waals surface area contributed by atoms with Crippen LogP contribution >= 0.6 is 0 Å². The maximum atomic E-state index is 13.7. The SMILES string of the molecule is COCC1CCN(S(=O)(=O)c2cc(N)cc(F)c2C)C1. The second kappa shape index (κ2) is 5.67. The van der Waals surface area contributed by atoms with E-state index in [0.29, 0.717) is 19.7 Å². The van der Waals surface area contributed by atoms with E-state index in [1.165, 1.54) is 17.3 Å². The number of hydrogen-bond acceptors (Lipinski definition) is 4. The average Bonchev–Trinajstić information content (AvgIpc) is 2.83. The Bertz CT molecular complexity index is 604. The summed E-state index contributed by atoms with van der Waals surface area (Å²) in [7, 11) is -2.12. The molecular formula is C13H19FN2O3S. The molecule has 1 heterocycles. The summed E-state index contributed by atoms with van der Waals surface area (Å²) in [6.45, 7) is 2.79. The minimum absolute atomic E-state index is 0.0481. The number of rotatable bonds is 4. The van der Waals surface area contributed by atoms with Crippen molar-refractivity contribution in [2.75, 3.05) is 32.5 Å². The monoisotopic (exact) mass is 302 g/mol. The zero-order chi connectivity index (χ0) is 14.9. The molecule has 0 aliphatic carbocycles. The molecule has 1 fully saturated rings. The fourth-order valence-electron chi connectivity index (χ4n) is 2.47. The number of nitrogens with zero attached hydrogens (tertiary/aromatic N) is 1. The predicted octanol–water partition coefficient (Wildman–Crippen LogP) is 1.37. The Labute approximate surface area is 118 Å². The molecule has 1 unspecified atom stereocenters. The average molecular weight is 302 g/mol. The van der Waals surface area contributed by atoms with E-state index in [2.05, 4.69) is 0 Å². The van der Waals surface area contributed by atoms with Crippen LogP contribution in [0.3, 0.4) is 0 Å². The summed E-state index contributed by atoms with van der Waals surface area (Å²) >= 11 is 0. The summed E-state index contributed by atoms with van der Waals surface area (Å²) in [4.78, 5) is -0.0481. The number of ether oxygens (including phenoxy) is 1. The summed E-state index contributed by atoms with van der Waals surface area (Å²) in [5.74, 6) is -0.419. The third-order valence-corrected chi connectivity index (χ3v) is 5.58. The van der Waals surface area contributed by atoms with E-state index in [0.717, 1.165) is 12.5 Å². The van der Waals surface area contributed by atoms with E-state index in [1.54, 1.807) is 7.11 Å². The van der Waals surface area contributed by atoms with E-state index in [-0.39, 0.29) is 22.1 Å². The van der Waals surface area contributed by atoms with Crippen molar-refractivity contribution in [2.45, 2.75) is 18.2 Å². The Balaban J connectivity index is 2.32. The van der Waals surface area contributed by atoms with Gasteiger partial charge in [0.05, 0.1) is 11.5 Å². The second-order valence-corrected chi connectivity index (χ2v) is 7.01. The minimum atomic E-state index is -3.71. The van der Waals surface area contributed by atoms with Gasteiger partial charge in [-0.15, -0.1) is 0 Å². The molecule has 0 saturated carbocycles. The Morgan fingerprint density at radius 3 is 2.85 bits per heavy atom. The fourth-order valence-corrected chi connectivity index (χ4v) is 4.27. The standard InChI is InChI=1S/C13H19FN2O3S/c1-9-12(14)5-11(15)6-13(9)20(17,18)16-4-3-10(7-16)8-19-2/h5-6,10H,3-4,7-8,15H2,1-2H3. The first-order chi connectivity index (χ1) is 9.36. The van der Waals surface area contributed by atoms with Gasteiger partial charge < -0.3 is 10.5 Å². The number of methoxy groups -OCH3 is 1. The van der Waals surface area contributed by atoms with E-state index in [4.69, 9.17) is 10.5 Å². The summed E-state index contributed by atoms with van der Waals surface area (Å²) in [6, 6.07) is 2.45. The lowest BCUT2D eigenvalue weighted by Gasteiger charge is -2.18. The van der Waals surface area contributed by atoms with Gasteiger partial charge in [-0.1, -0.05) is 0 Å². The number of nitrogen functional groups attached to an aromatic ring is 1. The van der Waals surface area contributed by atoms with Crippen LogP contribution in [-0.2, 0) is 14.8 Å². The molecule has 0 aromatic heterocycles. The molecule has 0 bridgehead atoms. The van der Waals surface area contributed by atoms with Gasteiger partial charge in [0.1, 0.15) is 5.82 Å². The highest BCUT2D eigenvalue weighted by molar-refractivity contribution is 7.89. The predicted molar refractivity (Wildman–Crippen MR) is 74.3 cm³/mol. The fraction of sp³-hybridized carbons (Fsp3) is 0.538. The maximum Gasteiger partial charge on any atom is 0.243 e. The van der Waals surface area contributed by atoms with Gasteiger partial charge in [-0.05, 0) is 31.4 Å². The molecule has 1 saturated heterocycles. The zero-order valence-corrected chi connectivity index (χ0v) is 12.4. The molecule has 1 aliphatic rings. The van der Waals surface area contributed by atoms with Crippen LogP contribution in [-0.4, -0.2) is 39.5 Å². The van der Waals surface area contributed by atoms with Crippen LogP contribution in [0, 0.1) is 18.7 Å². The van der Waals surface area contributed by atoms with Crippen molar-refractivity contribution >= 4 is 15.7 Å². The van der Waals surface area contributed by atoms with Gasteiger partial charge in [0, 0.05) is 31.5 Å². The Kier molecular flexibility index (Phi) is 4.31. The topological polar surface area (TPSA) is 72.6 Å². The van der Waals surface area contributed by atoms with Crippen LogP contribution in [0.15, 0.2) is 17.0 Å². The zero-order valence-electron chi connectivity index (χ0n) is 11.6. The van der Waals surface area contributed by atoms with Crippen LogP contribution in [0.2, 0.25) is 0 Å². The third kappa shape index (κ3) is 2.79. The molecule has 0 radical (unpaired) electrons. The lowest BCUT2D eigenvalue weighted by molar-refractivity contribution is 0.157. The van der Waals surface area contributed by atoms with E-state index in [9.17, 15) is 12.8 Å². The van der Waals surface area contributed by atoms with Gasteiger partial charge in [0.15, 0.2) is 0 Å². The van der Waals surface area contributed by atoms with E-state index in [1.807, 2.05) is 0 Å². The molecule has 2 N–H and O–H groups in total. The molecule has 1 aliphatic heterocycles. The van der Waals surface area contributed by atoms with Crippen LogP contribution in [0.1, 0.15) is 12.0 Å². The number of benzene rings is 1. The number of nitrogens with two attached hydrogens (primary N) is 1. The molecule has 112 valence electrons. The largest absolute Gasteiger partial charge is 0.399 e. The number of sulfonamides is 1. The molecule has 5 nitrogen and oxygen atoms in total. The van der Waals surface area contributed by atoms with Crippen molar-refractivity contribution in [1.82, 2.24) is 4.31 Å². The normalized spacial score (nSPS) is 20.4. The van der Waals surface area contributed by atoms with Crippen molar-refractivity contribution in [2.24, 2.45) is 5.92 Å². The van der Waals surface area contributed by atoms with Crippen molar-refractivity contribution < 1.29 is 17.5 Å². The molecular weight excluding hydrogens is 283 g/mol. The van der Waals surface area contributed by atoms with E-state index >= 15 is 0 Å². The Morgan fingerprint density at radius 1 is 1.50 bits per heavy atom. The van der Waals surface area contributed by atoms with Crippen LogP contribution < -0.4 is 5.73 Å². The highest BCUT2D eigenvalue weighted by atomic mass is 32.2. The first kappa shape index (κ1) is 15.2. The lowest BCUT2D eigenvalue weighted by Crippen LogP contribution is -2.30. The Morgan fingerprint density at radius 2 is 2.20 bits per heavy atom.